The molecule has 0 amide bonds. The van der Waals surface area contributed by atoms with Crippen LogP contribution >= 0.6 is 0 Å². The number of aromatic nitrogens is 2. The van der Waals surface area contributed by atoms with E-state index in [2.05, 4.69) is 23.4 Å². The summed E-state index contributed by atoms with van der Waals surface area (Å²) >= 11 is 0. The van der Waals surface area contributed by atoms with Gasteiger partial charge in [-0.3, -0.25) is 9.59 Å². The average Bonchev–Trinajstić information content (AvgIpc) is 2.89. The van der Waals surface area contributed by atoms with Gasteiger partial charge >= 0.3 is 0 Å². The second kappa shape index (κ2) is 5.78. The number of aryl methyl sites for hydroxylation is 1. The van der Waals surface area contributed by atoms with Crippen LogP contribution in [0.3, 0.4) is 0 Å². The van der Waals surface area contributed by atoms with Gasteiger partial charge in [0.05, 0.1) is 0 Å². The first-order valence-corrected chi connectivity index (χ1v) is 9.11. The molecule has 27 heavy (non-hydrogen) atoms. The topological polar surface area (TPSA) is 78.0 Å². The van der Waals surface area contributed by atoms with Crippen molar-refractivity contribution in [3.05, 3.63) is 53.0 Å². The Kier molecular flexibility index (Phi) is 3.74. The molecular weight excluding hydrogens is 338 g/mol. The highest BCUT2D eigenvalue weighted by Gasteiger charge is 2.34. The Bertz CT molecular complexity index is 1120. The fourth-order valence-corrected chi connectivity index (χ4v) is 4.19. The molecule has 0 saturated heterocycles. The van der Waals surface area contributed by atoms with Gasteiger partial charge in [-0.25, -0.2) is 4.98 Å². The molecule has 0 radical (unpaired) electrons. The van der Waals surface area contributed by atoms with Gasteiger partial charge in [-0.2, -0.15) is 0 Å². The Morgan fingerprint density at radius 2 is 1.96 bits per heavy atom. The van der Waals surface area contributed by atoms with Crippen molar-refractivity contribution >= 4 is 28.2 Å². The summed E-state index contributed by atoms with van der Waals surface area (Å²) < 4.78 is 2.09. The Balaban J connectivity index is 1.97. The molecule has 1 aliphatic carbocycles. The van der Waals surface area contributed by atoms with Crippen LogP contribution in [0, 0.1) is 12.3 Å². The number of hydrogen-bond donors (Lipinski definition) is 1. The van der Waals surface area contributed by atoms with E-state index < -0.39 is 0 Å². The van der Waals surface area contributed by atoms with Crippen LogP contribution in [0.25, 0.3) is 16.5 Å². The van der Waals surface area contributed by atoms with Crippen molar-refractivity contribution in [1.29, 1.82) is 0 Å². The third-order valence-corrected chi connectivity index (χ3v) is 5.42. The monoisotopic (exact) mass is 361 g/mol. The Morgan fingerprint density at radius 3 is 2.67 bits per heavy atom. The summed E-state index contributed by atoms with van der Waals surface area (Å²) in [6, 6.07) is 5.84. The van der Waals surface area contributed by atoms with Crippen LogP contribution in [0.2, 0.25) is 0 Å². The molecule has 0 saturated carbocycles. The molecule has 0 fully saturated rings. The van der Waals surface area contributed by atoms with Gasteiger partial charge in [0, 0.05) is 46.7 Å². The molecule has 138 valence electrons. The lowest BCUT2D eigenvalue weighted by atomic mass is 9.75. The van der Waals surface area contributed by atoms with Crippen LogP contribution in [0.5, 0.6) is 0 Å². The molecule has 0 bridgehead atoms. The maximum atomic E-state index is 12.7. The van der Waals surface area contributed by atoms with Gasteiger partial charge in [-0.1, -0.05) is 13.8 Å². The second-order valence-corrected chi connectivity index (χ2v) is 8.29. The van der Waals surface area contributed by atoms with E-state index in [-0.39, 0.29) is 17.0 Å². The molecule has 0 unspecified atom stereocenters. The third-order valence-electron chi connectivity index (χ3n) is 5.42. The Morgan fingerprint density at radius 1 is 1.22 bits per heavy atom. The van der Waals surface area contributed by atoms with Gasteiger partial charge in [-0.05, 0) is 54.8 Å². The maximum absolute atomic E-state index is 12.7. The van der Waals surface area contributed by atoms with E-state index in [9.17, 15) is 9.59 Å². The zero-order valence-corrected chi connectivity index (χ0v) is 16.1. The SMILES string of the molecule is CC(=O)c1cnc(N)c2ccc(-n3cc(C)c4c3CC(C)(C)CC4=O)cc12. The average molecular weight is 361 g/mol. The molecule has 1 aromatic carbocycles. The number of nitrogens with zero attached hydrogens (tertiary/aromatic N) is 2. The molecule has 2 aromatic heterocycles. The van der Waals surface area contributed by atoms with Crippen LogP contribution in [-0.4, -0.2) is 21.1 Å². The lowest BCUT2D eigenvalue weighted by Gasteiger charge is -2.30. The minimum absolute atomic E-state index is 0.0494. The number of nitrogen functional groups attached to an aromatic ring is 1. The summed E-state index contributed by atoms with van der Waals surface area (Å²) in [5, 5.41) is 1.55. The molecule has 5 heteroatoms. The summed E-state index contributed by atoms with van der Waals surface area (Å²) in [6.45, 7) is 7.76. The number of rotatable bonds is 2. The van der Waals surface area contributed by atoms with E-state index in [1.165, 1.54) is 13.1 Å². The number of pyridine rings is 1. The molecule has 3 aromatic rings. The normalized spacial score (nSPS) is 15.8. The minimum atomic E-state index is -0.0671. The molecule has 5 nitrogen and oxygen atoms in total. The van der Waals surface area contributed by atoms with Gasteiger partial charge in [-0.15, -0.1) is 0 Å². The fraction of sp³-hybridized carbons (Fsp3) is 0.318. The number of ketones is 2. The standard InChI is InChI=1S/C22H23N3O2/c1-12-11-25(18-8-22(3,4)9-19(27)20(12)18)14-5-6-15-16(7-14)17(13(2)26)10-24-21(15)23/h5-7,10-11H,8-9H2,1-4H3,(H2,23,24). The first kappa shape index (κ1) is 17.5. The fourth-order valence-electron chi connectivity index (χ4n) is 4.19. The summed E-state index contributed by atoms with van der Waals surface area (Å²) in [7, 11) is 0. The number of anilines is 1. The molecule has 0 atom stereocenters. The first-order chi connectivity index (χ1) is 12.7. The maximum Gasteiger partial charge on any atom is 0.165 e. The lowest BCUT2D eigenvalue weighted by Crippen LogP contribution is -2.28. The molecule has 4 rings (SSSR count). The zero-order chi connectivity index (χ0) is 19.5. The lowest BCUT2D eigenvalue weighted by molar-refractivity contribution is 0.0909. The van der Waals surface area contributed by atoms with Gasteiger partial charge < -0.3 is 10.3 Å². The van der Waals surface area contributed by atoms with Crippen molar-refractivity contribution in [3.63, 3.8) is 0 Å². The van der Waals surface area contributed by atoms with Crippen LogP contribution in [0.4, 0.5) is 5.82 Å². The highest BCUT2D eigenvalue weighted by atomic mass is 16.1. The molecule has 1 aliphatic rings. The van der Waals surface area contributed by atoms with E-state index in [0.29, 0.717) is 17.8 Å². The molecule has 2 N–H and O–H groups in total. The summed E-state index contributed by atoms with van der Waals surface area (Å²) in [4.78, 5) is 28.9. The van der Waals surface area contributed by atoms with Crippen molar-refractivity contribution in [3.8, 4) is 5.69 Å². The zero-order valence-electron chi connectivity index (χ0n) is 16.1. The van der Waals surface area contributed by atoms with Crippen molar-refractivity contribution < 1.29 is 9.59 Å². The number of carbonyl (C=O) groups excluding carboxylic acids is 2. The number of nitrogens with two attached hydrogens (primary N) is 1. The largest absolute Gasteiger partial charge is 0.383 e. The number of hydrogen-bond acceptors (Lipinski definition) is 4. The Hall–Kier alpha value is -2.95. The molecule has 2 heterocycles. The van der Waals surface area contributed by atoms with Crippen molar-refractivity contribution in [2.75, 3.05) is 5.73 Å². The summed E-state index contributed by atoms with van der Waals surface area (Å²) in [5.74, 6) is 0.561. The van der Waals surface area contributed by atoms with Gasteiger partial charge in [0.25, 0.3) is 0 Å². The van der Waals surface area contributed by atoms with Crippen LogP contribution in [0.1, 0.15) is 59.2 Å². The minimum Gasteiger partial charge on any atom is -0.383 e. The van der Waals surface area contributed by atoms with Crippen molar-refractivity contribution in [1.82, 2.24) is 9.55 Å². The number of carbonyl (C=O) groups is 2. The highest BCUT2D eigenvalue weighted by molar-refractivity contribution is 6.09. The Labute approximate surface area is 158 Å². The number of benzene rings is 1. The third kappa shape index (κ3) is 2.74. The molecular formula is C22H23N3O2. The molecule has 0 spiro atoms. The van der Waals surface area contributed by atoms with E-state index in [4.69, 9.17) is 5.73 Å². The van der Waals surface area contributed by atoms with Crippen molar-refractivity contribution in [2.45, 2.75) is 40.5 Å². The van der Waals surface area contributed by atoms with E-state index in [0.717, 1.165) is 39.7 Å². The quantitative estimate of drug-likeness (QED) is 0.691. The van der Waals surface area contributed by atoms with Gasteiger partial charge in [0.2, 0.25) is 0 Å². The predicted octanol–water partition coefficient (Wildman–Crippen LogP) is 4.27. The van der Waals surface area contributed by atoms with Crippen molar-refractivity contribution in [2.24, 2.45) is 5.41 Å². The summed E-state index contributed by atoms with van der Waals surface area (Å²) in [5.41, 5.74) is 10.3. The van der Waals surface area contributed by atoms with E-state index in [1.54, 1.807) is 0 Å². The highest BCUT2D eigenvalue weighted by Crippen LogP contribution is 2.38. The predicted molar refractivity (Wildman–Crippen MR) is 107 cm³/mol. The first-order valence-electron chi connectivity index (χ1n) is 9.11. The van der Waals surface area contributed by atoms with Gasteiger partial charge in [0.15, 0.2) is 11.6 Å². The molecule has 0 aliphatic heterocycles. The number of fused-ring (bicyclic) bond motifs is 2. The van der Waals surface area contributed by atoms with Crippen LogP contribution in [0.15, 0.2) is 30.6 Å². The number of Topliss-reactive ketones (excluding diaryl/α,β-unsaturated/α-hetero) is 2. The van der Waals surface area contributed by atoms with E-state index >= 15 is 0 Å². The second-order valence-electron chi connectivity index (χ2n) is 8.29. The van der Waals surface area contributed by atoms with Crippen LogP contribution < -0.4 is 5.73 Å². The van der Waals surface area contributed by atoms with E-state index in [1.807, 2.05) is 31.3 Å². The van der Waals surface area contributed by atoms with Gasteiger partial charge in [0.1, 0.15) is 5.82 Å². The summed E-state index contributed by atoms with van der Waals surface area (Å²) in [6.07, 6.45) is 4.95. The van der Waals surface area contributed by atoms with Crippen LogP contribution in [-0.2, 0) is 6.42 Å². The smallest absolute Gasteiger partial charge is 0.165 e.